The molecule has 2 fully saturated rings. The molecule has 1 saturated carbocycles. The molecule has 0 bridgehead atoms. The summed E-state index contributed by atoms with van der Waals surface area (Å²) in [5, 5.41) is 0. The van der Waals surface area contributed by atoms with Crippen LogP contribution in [0.25, 0.3) is 0 Å². The topological polar surface area (TPSA) is 29.3 Å². The van der Waals surface area contributed by atoms with Crippen molar-refractivity contribution < 1.29 is 0 Å². The SMILES string of the molecule is CC1CCN1C1CC(N)C1(C)C. The summed E-state index contributed by atoms with van der Waals surface area (Å²) in [5.41, 5.74) is 6.34. The molecule has 3 atom stereocenters. The van der Waals surface area contributed by atoms with Gasteiger partial charge in [-0.3, -0.25) is 4.90 Å². The van der Waals surface area contributed by atoms with E-state index in [2.05, 4.69) is 25.7 Å². The van der Waals surface area contributed by atoms with Crippen molar-refractivity contribution >= 4 is 0 Å². The molecule has 1 aliphatic carbocycles. The molecule has 0 amide bonds. The smallest absolute Gasteiger partial charge is 0.0179 e. The maximum atomic E-state index is 5.98. The van der Waals surface area contributed by atoms with Gasteiger partial charge in [0.05, 0.1) is 0 Å². The number of hydrogen-bond acceptors (Lipinski definition) is 2. The van der Waals surface area contributed by atoms with Crippen LogP contribution in [-0.2, 0) is 0 Å². The lowest BCUT2D eigenvalue weighted by atomic mass is 9.61. The van der Waals surface area contributed by atoms with Crippen molar-refractivity contribution in [2.24, 2.45) is 11.1 Å². The lowest BCUT2D eigenvalue weighted by Crippen LogP contribution is -2.69. The summed E-state index contributed by atoms with van der Waals surface area (Å²) >= 11 is 0. The molecule has 1 heterocycles. The first kappa shape index (κ1) is 8.52. The van der Waals surface area contributed by atoms with E-state index < -0.39 is 0 Å². The Bertz CT molecular complexity index is 188. The molecule has 70 valence electrons. The second kappa shape index (κ2) is 2.46. The summed E-state index contributed by atoms with van der Waals surface area (Å²) in [6, 6.07) is 1.99. The van der Waals surface area contributed by atoms with Crippen LogP contribution < -0.4 is 5.73 Å². The normalized spacial score (nSPS) is 46.5. The van der Waals surface area contributed by atoms with Crippen LogP contribution in [0.5, 0.6) is 0 Å². The Hall–Kier alpha value is -0.0800. The van der Waals surface area contributed by atoms with E-state index in [1.54, 1.807) is 0 Å². The fraction of sp³-hybridized carbons (Fsp3) is 1.00. The molecule has 12 heavy (non-hydrogen) atoms. The second-order valence-corrected chi connectivity index (χ2v) is 5.05. The van der Waals surface area contributed by atoms with Gasteiger partial charge in [-0.25, -0.2) is 0 Å². The third-order valence-corrected chi connectivity index (χ3v) is 4.06. The van der Waals surface area contributed by atoms with Crippen LogP contribution in [0.1, 0.15) is 33.6 Å². The fourth-order valence-corrected chi connectivity index (χ4v) is 2.50. The van der Waals surface area contributed by atoms with Gasteiger partial charge in [0, 0.05) is 24.7 Å². The van der Waals surface area contributed by atoms with Gasteiger partial charge in [0.25, 0.3) is 0 Å². The molecule has 0 aromatic heterocycles. The molecule has 2 rings (SSSR count). The van der Waals surface area contributed by atoms with Gasteiger partial charge in [-0.05, 0) is 25.2 Å². The van der Waals surface area contributed by atoms with Gasteiger partial charge in [-0.1, -0.05) is 13.8 Å². The monoisotopic (exact) mass is 168 g/mol. The van der Waals surface area contributed by atoms with Crippen molar-refractivity contribution in [2.45, 2.75) is 51.7 Å². The van der Waals surface area contributed by atoms with E-state index in [0.29, 0.717) is 11.5 Å². The first-order valence-electron chi connectivity index (χ1n) is 5.05. The molecule has 1 saturated heterocycles. The summed E-state index contributed by atoms with van der Waals surface area (Å²) < 4.78 is 0. The Labute approximate surface area is 75.1 Å². The van der Waals surface area contributed by atoms with Gasteiger partial charge >= 0.3 is 0 Å². The fourth-order valence-electron chi connectivity index (χ4n) is 2.50. The molecule has 2 aliphatic rings. The Morgan fingerprint density at radius 3 is 2.33 bits per heavy atom. The van der Waals surface area contributed by atoms with Crippen LogP contribution in [0.2, 0.25) is 0 Å². The minimum Gasteiger partial charge on any atom is -0.327 e. The number of hydrogen-bond donors (Lipinski definition) is 1. The van der Waals surface area contributed by atoms with E-state index in [1.807, 2.05) is 0 Å². The van der Waals surface area contributed by atoms with Crippen LogP contribution in [0.15, 0.2) is 0 Å². The number of nitrogens with two attached hydrogens (primary N) is 1. The van der Waals surface area contributed by atoms with Gasteiger partial charge in [0.1, 0.15) is 0 Å². The van der Waals surface area contributed by atoms with Crippen LogP contribution in [-0.4, -0.2) is 29.6 Å². The largest absolute Gasteiger partial charge is 0.327 e. The molecule has 0 radical (unpaired) electrons. The summed E-state index contributed by atoms with van der Waals surface area (Å²) in [6.07, 6.45) is 2.58. The lowest BCUT2D eigenvalue weighted by Gasteiger charge is -2.59. The van der Waals surface area contributed by atoms with Gasteiger partial charge in [-0.2, -0.15) is 0 Å². The van der Waals surface area contributed by atoms with E-state index in [-0.39, 0.29) is 0 Å². The average molecular weight is 168 g/mol. The van der Waals surface area contributed by atoms with Gasteiger partial charge < -0.3 is 5.73 Å². The van der Waals surface area contributed by atoms with E-state index in [0.717, 1.165) is 12.1 Å². The van der Waals surface area contributed by atoms with Crippen molar-refractivity contribution in [2.75, 3.05) is 6.54 Å². The summed E-state index contributed by atoms with van der Waals surface area (Å²) in [7, 11) is 0. The molecular formula is C10H20N2. The molecule has 0 aromatic carbocycles. The number of nitrogens with zero attached hydrogens (tertiary/aromatic N) is 1. The molecule has 2 heteroatoms. The minimum absolute atomic E-state index is 0.356. The first-order chi connectivity index (χ1) is 5.53. The van der Waals surface area contributed by atoms with Crippen molar-refractivity contribution in [3.63, 3.8) is 0 Å². The summed E-state index contributed by atoms with van der Waals surface area (Å²) in [6.45, 7) is 8.22. The Morgan fingerprint density at radius 1 is 1.42 bits per heavy atom. The second-order valence-electron chi connectivity index (χ2n) is 5.05. The van der Waals surface area contributed by atoms with Crippen molar-refractivity contribution in [1.29, 1.82) is 0 Å². The third kappa shape index (κ3) is 0.944. The molecule has 2 nitrogen and oxygen atoms in total. The highest BCUT2D eigenvalue weighted by Crippen LogP contribution is 2.45. The van der Waals surface area contributed by atoms with E-state index >= 15 is 0 Å². The zero-order chi connectivity index (χ0) is 8.93. The van der Waals surface area contributed by atoms with Crippen molar-refractivity contribution in [1.82, 2.24) is 4.90 Å². The predicted molar refractivity (Wildman–Crippen MR) is 50.9 cm³/mol. The van der Waals surface area contributed by atoms with Crippen LogP contribution in [0.3, 0.4) is 0 Å². The quantitative estimate of drug-likeness (QED) is 0.637. The zero-order valence-electron chi connectivity index (χ0n) is 8.38. The van der Waals surface area contributed by atoms with Crippen LogP contribution >= 0.6 is 0 Å². The van der Waals surface area contributed by atoms with E-state index in [4.69, 9.17) is 5.73 Å². The average Bonchev–Trinajstić information content (AvgIpc) is 2.01. The van der Waals surface area contributed by atoms with Gasteiger partial charge in [0.2, 0.25) is 0 Å². The summed E-state index contributed by atoms with van der Waals surface area (Å²) in [5.74, 6) is 0. The maximum absolute atomic E-state index is 5.98. The maximum Gasteiger partial charge on any atom is 0.0179 e. The highest BCUT2D eigenvalue weighted by Gasteiger charge is 2.51. The molecular weight excluding hydrogens is 148 g/mol. The molecule has 0 spiro atoms. The molecule has 1 aliphatic heterocycles. The summed E-state index contributed by atoms with van der Waals surface area (Å²) in [4.78, 5) is 2.61. The first-order valence-corrected chi connectivity index (χ1v) is 5.05. The van der Waals surface area contributed by atoms with Crippen molar-refractivity contribution in [3.8, 4) is 0 Å². The van der Waals surface area contributed by atoms with Crippen LogP contribution in [0, 0.1) is 5.41 Å². The Balaban J connectivity index is 1.99. The van der Waals surface area contributed by atoms with Crippen molar-refractivity contribution in [3.05, 3.63) is 0 Å². The molecule has 3 unspecified atom stereocenters. The minimum atomic E-state index is 0.356. The van der Waals surface area contributed by atoms with Crippen LogP contribution in [0.4, 0.5) is 0 Å². The zero-order valence-corrected chi connectivity index (χ0v) is 8.38. The predicted octanol–water partition coefficient (Wildman–Crippen LogP) is 1.21. The number of rotatable bonds is 1. The lowest BCUT2D eigenvalue weighted by molar-refractivity contribution is -0.0795. The van der Waals surface area contributed by atoms with Gasteiger partial charge in [-0.15, -0.1) is 0 Å². The standard InChI is InChI=1S/C10H20N2/c1-7-4-5-12(7)9-6-8(11)10(9,2)3/h7-9H,4-6,11H2,1-3H3. The Kier molecular flexibility index (Phi) is 1.74. The highest BCUT2D eigenvalue weighted by atomic mass is 15.3. The molecule has 0 aromatic rings. The molecule has 2 N–H and O–H groups in total. The van der Waals surface area contributed by atoms with E-state index in [1.165, 1.54) is 19.4 Å². The highest BCUT2D eigenvalue weighted by molar-refractivity contribution is 5.07. The van der Waals surface area contributed by atoms with Gasteiger partial charge in [0.15, 0.2) is 0 Å². The Morgan fingerprint density at radius 2 is 2.08 bits per heavy atom. The third-order valence-electron chi connectivity index (χ3n) is 4.06. The number of likely N-dealkylation sites (tertiary alicyclic amines) is 1. The van der Waals surface area contributed by atoms with E-state index in [9.17, 15) is 0 Å².